The Labute approximate surface area is 167 Å². The van der Waals surface area contributed by atoms with Crippen LogP contribution in [0.5, 0.6) is 0 Å². The molecule has 1 saturated heterocycles. The number of nitrogens with zero attached hydrogens (tertiary/aromatic N) is 2. The number of thiocarbonyl (C=S) groups is 1. The highest BCUT2D eigenvalue weighted by atomic mass is 32.2. The summed E-state index contributed by atoms with van der Waals surface area (Å²) in [6.45, 7) is 4.20. The first-order valence-electron chi connectivity index (χ1n) is 9.15. The third-order valence-electron chi connectivity index (χ3n) is 4.75. The maximum Gasteiger partial charge on any atom is 0.218 e. The Morgan fingerprint density at radius 2 is 1.63 bits per heavy atom. The van der Waals surface area contributed by atoms with Crippen LogP contribution in [0.3, 0.4) is 0 Å². The fourth-order valence-electron chi connectivity index (χ4n) is 3.19. The summed E-state index contributed by atoms with van der Waals surface area (Å²) in [5.74, 6) is 0.0421. The van der Waals surface area contributed by atoms with Crippen molar-refractivity contribution in [3.63, 3.8) is 0 Å². The third kappa shape index (κ3) is 5.06. The molecule has 7 heteroatoms. The largest absolute Gasteiger partial charge is 0.346 e. The number of piperazine rings is 1. The van der Waals surface area contributed by atoms with Crippen molar-refractivity contribution in [1.29, 1.82) is 0 Å². The first kappa shape index (κ1) is 19.8. The summed E-state index contributed by atoms with van der Waals surface area (Å²) in [6, 6.07) is 17.4. The average Bonchev–Trinajstić information content (AvgIpc) is 2.69. The van der Waals surface area contributed by atoms with Crippen LogP contribution in [0.15, 0.2) is 54.6 Å². The summed E-state index contributed by atoms with van der Waals surface area (Å²) in [5.41, 5.74) is 3.04. The smallest absolute Gasteiger partial charge is 0.218 e. The highest BCUT2D eigenvalue weighted by molar-refractivity contribution is 7.88. The molecule has 2 aromatic rings. The van der Waals surface area contributed by atoms with Gasteiger partial charge in [-0.05, 0) is 35.8 Å². The van der Waals surface area contributed by atoms with Gasteiger partial charge in [0.15, 0.2) is 5.11 Å². The first-order valence-corrected chi connectivity index (χ1v) is 11.2. The van der Waals surface area contributed by atoms with Crippen LogP contribution >= 0.6 is 12.2 Å². The lowest BCUT2D eigenvalue weighted by Crippen LogP contribution is -2.51. The molecule has 0 bridgehead atoms. The second kappa shape index (κ2) is 8.82. The maximum absolute atomic E-state index is 12.7. The number of rotatable bonds is 5. The minimum absolute atomic E-state index is 0.0421. The van der Waals surface area contributed by atoms with Gasteiger partial charge >= 0.3 is 0 Å². The van der Waals surface area contributed by atoms with Gasteiger partial charge in [0.25, 0.3) is 0 Å². The van der Waals surface area contributed by atoms with Crippen LogP contribution in [0, 0.1) is 0 Å². The predicted molar refractivity (Wildman–Crippen MR) is 114 cm³/mol. The molecule has 2 aromatic carbocycles. The van der Waals surface area contributed by atoms with Gasteiger partial charge in [-0.2, -0.15) is 4.31 Å². The highest BCUT2D eigenvalue weighted by Gasteiger charge is 2.28. The Morgan fingerprint density at radius 3 is 2.30 bits per heavy atom. The molecule has 0 saturated carbocycles. The zero-order chi connectivity index (χ0) is 19.3. The number of sulfonamides is 1. The van der Waals surface area contributed by atoms with E-state index in [-0.39, 0.29) is 5.75 Å². The molecular formula is C20H25N3O2S2. The van der Waals surface area contributed by atoms with E-state index >= 15 is 0 Å². The number of aryl methyl sites for hydroxylation is 1. The Bertz CT molecular complexity index is 877. The van der Waals surface area contributed by atoms with Crippen molar-refractivity contribution in [2.24, 2.45) is 0 Å². The molecule has 3 rings (SSSR count). The molecule has 0 unspecified atom stereocenters. The Morgan fingerprint density at radius 1 is 1.00 bits per heavy atom. The van der Waals surface area contributed by atoms with E-state index < -0.39 is 10.0 Å². The quantitative estimate of drug-likeness (QED) is 0.778. The second-order valence-electron chi connectivity index (χ2n) is 6.57. The molecular weight excluding hydrogens is 378 g/mol. The number of para-hydroxylation sites is 1. The molecule has 1 fully saturated rings. The topological polar surface area (TPSA) is 52.6 Å². The van der Waals surface area contributed by atoms with Gasteiger partial charge in [-0.1, -0.05) is 55.5 Å². The molecule has 1 aliphatic heterocycles. The van der Waals surface area contributed by atoms with Crippen LogP contribution in [0.25, 0.3) is 0 Å². The van der Waals surface area contributed by atoms with Gasteiger partial charge in [-0.15, -0.1) is 0 Å². The molecule has 0 atom stereocenters. The molecule has 0 spiro atoms. The highest BCUT2D eigenvalue weighted by Crippen LogP contribution is 2.18. The van der Waals surface area contributed by atoms with Crippen molar-refractivity contribution in [2.75, 3.05) is 31.5 Å². The van der Waals surface area contributed by atoms with Crippen LogP contribution in [0.2, 0.25) is 0 Å². The van der Waals surface area contributed by atoms with Crippen LogP contribution in [-0.4, -0.2) is 48.9 Å². The van der Waals surface area contributed by atoms with Crippen molar-refractivity contribution in [2.45, 2.75) is 19.1 Å². The van der Waals surface area contributed by atoms with Crippen molar-refractivity contribution in [3.05, 3.63) is 65.7 Å². The lowest BCUT2D eigenvalue weighted by Gasteiger charge is -2.35. The monoisotopic (exact) mass is 403 g/mol. The van der Waals surface area contributed by atoms with E-state index in [0.29, 0.717) is 31.3 Å². The summed E-state index contributed by atoms with van der Waals surface area (Å²) >= 11 is 5.55. The molecule has 1 N–H and O–H groups in total. The fraction of sp³-hybridized carbons (Fsp3) is 0.350. The molecule has 0 aliphatic carbocycles. The fourth-order valence-corrected chi connectivity index (χ4v) is 5.00. The SMILES string of the molecule is CCc1ccccc1NC(=S)N1CCN(S(=O)(=O)Cc2ccccc2)CC1. The van der Waals surface area contributed by atoms with E-state index in [1.807, 2.05) is 53.4 Å². The van der Waals surface area contributed by atoms with Crippen LogP contribution < -0.4 is 5.32 Å². The maximum atomic E-state index is 12.7. The first-order chi connectivity index (χ1) is 13.0. The Kier molecular flexibility index (Phi) is 6.46. The summed E-state index contributed by atoms with van der Waals surface area (Å²) in [4.78, 5) is 2.04. The van der Waals surface area contributed by atoms with Gasteiger partial charge in [0.05, 0.1) is 5.75 Å². The van der Waals surface area contributed by atoms with Crippen molar-refractivity contribution >= 4 is 33.0 Å². The lowest BCUT2D eigenvalue weighted by molar-refractivity contribution is 0.268. The lowest BCUT2D eigenvalue weighted by atomic mass is 10.1. The summed E-state index contributed by atoms with van der Waals surface area (Å²) in [6.07, 6.45) is 0.928. The number of hydrogen-bond donors (Lipinski definition) is 1. The van der Waals surface area contributed by atoms with Crippen LogP contribution in [0.4, 0.5) is 5.69 Å². The van der Waals surface area contributed by atoms with Crippen molar-refractivity contribution < 1.29 is 8.42 Å². The van der Waals surface area contributed by atoms with E-state index in [1.165, 1.54) is 5.56 Å². The van der Waals surface area contributed by atoms with Gasteiger partial charge in [-0.25, -0.2) is 8.42 Å². The second-order valence-corrected chi connectivity index (χ2v) is 8.92. The number of anilines is 1. The van der Waals surface area contributed by atoms with Gasteiger partial charge in [0, 0.05) is 31.9 Å². The van der Waals surface area contributed by atoms with Gasteiger partial charge in [0.1, 0.15) is 0 Å². The zero-order valence-corrected chi connectivity index (χ0v) is 17.1. The van der Waals surface area contributed by atoms with E-state index in [4.69, 9.17) is 12.2 Å². The molecule has 0 amide bonds. The van der Waals surface area contributed by atoms with E-state index in [0.717, 1.165) is 17.7 Å². The minimum Gasteiger partial charge on any atom is -0.346 e. The number of hydrogen-bond acceptors (Lipinski definition) is 3. The molecule has 1 aliphatic rings. The summed E-state index contributed by atoms with van der Waals surface area (Å²) in [5, 5.41) is 3.96. The standard InChI is InChI=1S/C20H25N3O2S2/c1-2-18-10-6-7-11-19(18)21-20(26)22-12-14-23(15-13-22)27(24,25)16-17-8-4-3-5-9-17/h3-11H,2,12-16H2,1H3,(H,21,26). The van der Waals surface area contributed by atoms with Crippen LogP contribution in [0.1, 0.15) is 18.1 Å². The molecule has 1 heterocycles. The summed E-state index contributed by atoms with van der Waals surface area (Å²) in [7, 11) is -3.31. The third-order valence-corrected chi connectivity index (χ3v) is 6.96. The molecule has 144 valence electrons. The van der Waals surface area contributed by atoms with Crippen molar-refractivity contribution in [1.82, 2.24) is 9.21 Å². The predicted octanol–water partition coefficient (Wildman–Crippen LogP) is 3.09. The van der Waals surface area contributed by atoms with Gasteiger partial charge in [-0.3, -0.25) is 0 Å². The summed E-state index contributed by atoms with van der Waals surface area (Å²) < 4.78 is 26.9. The number of nitrogens with one attached hydrogen (secondary N) is 1. The molecule has 27 heavy (non-hydrogen) atoms. The normalized spacial score (nSPS) is 15.5. The van der Waals surface area contributed by atoms with E-state index in [1.54, 1.807) is 4.31 Å². The van der Waals surface area contributed by atoms with E-state index in [2.05, 4.69) is 18.3 Å². The van der Waals surface area contributed by atoms with Gasteiger partial charge < -0.3 is 10.2 Å². The molecule has 0 aromatic heterocycles. The minimum atomic E-state index is -3.31. The van der Waals surface area contributed by atoms with Crippen LogP contribution in [-0.2, 0) is 22.2 Å². The van der Waals surface area contributed by atoms with Crippen molar-refractivity contribution in [3.8, 4) is 0 Å². The Balaban J connectivity index is 1.57. The molecule has 5 nitrogen and oxygen atoms in total. The molecule has 0 radical (unpaired) electrons. The zero-order valence-electron chi connectivity index (χ0n) is 15.5. The average molecular weight is 404 g/mol. The number of benzene rings is 2. The van der Waals surface area contributed by atoms with E-state index in [9.17, 15) is 8.42 Å². The Hall–Kier alpha value is -1.96. The van der Waals surface area contributed by atoms with Gasteiger partial charge in [0.2, 0.25) is 10.0 Å².